The van der Waals surface area contributed by atoms with Crippen molar-refractivity contribution in [3.8, 4) is 17.2 Å². The van der Waals surface area contributed by atoms with Crippen LogP contribution in [-0.4, -0.2) is 29.3 Å². The predicted molar refractivity (Wildman–Crippen MR) is 97.2 cm³/mol. The monoisotopic (exact) mass is 343 g/mol. The van der Waals surface area contributed by atoms with Gasteiger partial charge in [0.1, 0.15) is 23.9 Å². The minimum absolute atomic E-state index is 0.212. The van der Waals surface area contributed by atoms with Crippen molar-refractivity contribution in [2.75, 3.05) is 13.2 Å². The number of aryl methyl sites for hydroxylation is 3. The number of aromatic hydroxyl groups is 1. The van der Waals surface area contributed by atoms with E-state index in [-0.39, 0.29) is 11.7 Å². The lowest BCUT2D eigenvalue weighted by Crippen LogP contribution is -2.27. The molecule has 0 saturated carbocycles. The maximum Gasteiger partial charge on any atom is 0.245 e. The molecule has 0 heterocycles. The Morgan fingerprint density at radius 2 is 1.92 bits per heavy atom. The van der Waals surface area contributed by atoms with Gasteiger partial charge in [-0.25, -0.2) is 0 Å². The molecule has 0 aliphatic rings. The zero-order valence-electron chi connectivity index (χ0n) is 14.7. The summed E-state index contributed by atoms with van der Waals surface area (Å²) in [6, 6.07) is 10.9. The molecular weight excluding hydrogens is 318 g/mol. The number of phenols is 1. The first-order valence-electron chi connectivity index (χ1n) is 8.50. The second kappa shape index (κ2) is 9.08. The van der Waals surface area contributed by atoms with Gasteiger partial charge in [0.15, 0.2) is 0 Å². The molecule has 0 fully saturated rings. The van der Waals surface area contributed by atoms with E-state index in [9.17, 15) is 9.90 Å². The maximum absolute atomic E-state index is 11.0. The van der Waals surface area contributed by atoms with Crippen LogP contribution < -0.4 is 10.1 Å². The average molecular weight is 343 g/mol. The summed E-state index contributed by atoms with van der Waals surface area (Å²) in [5, 5.41) is 20.7. The summed E-state index contributed by atoms with van der Waals surface area (Å²) in [6.45, 7) is 4.18. The molecule has 2 rings (SSSR count). The lowest BCUT2D eigenvalue weighted by Gasteiger charge is -2.15. The molecule has 0 saturated heterocycles. The molecular formula is C20H25NO4. The molecule has 0 aliphatic heterocycles. The van der Waals surface area contributed by atoms with Crippen molar-refractivity contribution in [3.05, 3.63) is 53.1 Å². The van der Waals surface area contributed by atoms with Crippen molar-refractivity contribution >= 4 is 5.91 Å². The summed E-state index contributed by atoms with van der Waals surface area (Å²) in [6.07, 6.45) is 2.51. The maximum atomic E-state index is 11.0. The summed E-state index contributed by atoms with van der Waals surface area (Å²) < 4.78 is 6.02. The number of aliphatic hydroxyl groups excluding tert-OH is 1. The average Bonchev–Trinajstić information content (AvgIpc) is 2.62. The van der Waals surface area contributed by atoms with Crippen LogP contribution in [0.5, 0.6) is 17.2 Å². The summed E-state index contributed by atoms with van der Waals surface area (Å²) in [7, 11) is 0. The van der Waals surface area contributed by atoms with Gasteiger partial charge in [-0.15, -0.1) is 0 Å². The van der Waals surface area contributed by atoms with Crippen LogP contribution in [0.4, 0.5) is 0 Å². The third-order valence-corrected chi connectivity index (χ3v) is 3.96. The molecule has 0 aliphatic carbocycles. The van der Waals surface area contributed by atoms with E-state index in [0.29, 0.717) is 12.3 Å². The van der Waals surface area contributed by atoms with Crippen LogP contribution in [-0.2, 0) is 17.6 Å². The highest BCUT2D eigenvalue weighted by Crippen LogP contribution is 2.31. The second-order valence-corrected chi connectivity index (χ2v) is 5.96. The lowest BCUT2D eigenvalue weighted by atomic mass is 10.00. The van der Waals surface area contributed by atoms with E-state index in [4.69, 9.17) is 9.84 Å². The normalized spacial score (nSPS) is 10.5. The molecule has 2 aromatic carbocycles. The Bertz CT molecular complexity index is 710. The number of hydrogen-bond donors (Lipinski definition) is 3. The highest BCUT2D eigenvalue weighted by Gasteiger charge is 2.10. The van der Waals surface area contributed by atoms with E-state index in [0.717, 1.165) is 36.1 Å². The van der Waals surface area contributed by atoms with Gasteiger partial charge in [-0.3, -0.25) is 4.79 Å². The summed E-state index contributed by atoms with van der Waals surface area (Å²) >= 11 is 0. The molecule has 0 aromatic heterocycles. The fourth-order valence-electron chi connectivity index (χ4n) is 2.69. The number of carbonyl (C=O) groups excluding carboxylic acids is 1. The van der Waals surface area contributed by atoms with Gasteiger partial charge in [-0.2, -0.15) is 0 Å². The number of phenolic OH excluding ortho intramolecular Hbond substituents is 1. The predicted octanol–water partition coefficient (Wildman–Crippen LogP) is 3.10. The molecule has 0 bridgehead atoms. The number of benzene rings is 2. The van der Waals surface area contributed by atoms with Gasteiger partial charge in [-0.05, 0) is 67.1 Å². The van der Waals surface area contributed by atoms with Crippen LogP contribution in [0.15, 0.2) is 36.4 Å². The molecule has 134 valence electrons. The van der Waals surface area contributed by atoms with E-state index in [2.05, 4.69) is 24.4 Å². The van der Waals surface area contributed by atoms with Crippen LogP contribution in [0.3, 0.4) is 0 Å². The van der Waals surface area contributed by atoms with Gasteiger partial charge in [0.25, 0.3) is 0 Å². The first-order valence-corrected chi connectivity index (χ1v) is 8.50. The van der Waals surface area contributed by atoms with E-state index in [1.54, 1.807) is 24.3 Å². The van der Waals surface area contributed by atoms with Gasteiger partial charge in [0.2, 0.25) is 5.91 Å². The summed E-state index contributed by atoms with van der Waals surface area (Å²) in [4.78, 5) is 11.0. The molecule has 5 heteroatoms. The molecule has 0 radical (unpaired) electrons. The molecule has 3 N–H and O–H groups in total. The molecule has 25 heavy (non-hydrogen) atoms. The Hall–Kier alpha value is -2.53. The van der Waals surface area contributed by atoms with Gasteiger partial charge >= 0.3 is 0 Å². The number of amides is 1. The fourth-order valence-corrected chi connectivity index (χ4v) is 2.69. The largest absolute Gasteiger partial charge is 0.508 e. The van der Waals surface area contributed by atoms with Crippen LogP contribution in [0.25, 0.3) is 0 Å². The Labute approximate surface area is 148 Å². The Morgan fingerprint density at radius 3 is 2.56 bits per heavy atom. The lowest BCUT2D eigenvalue weighted by molar-refractivity contribution is -0.123. The Morgan fingerprint density at radius 1 is 1.20 bits per heavy atom. The number of aliphatic hydroxyl groups is 1. The SMILES string of the molecule is CCc1cc(CCCNC(=O)CO)cc(C)c1Oc1ccc(O)cc1. The number of carbonyl (C=O) groups is 1. The molecule has 1 amide bonds. The number of nitrogens with one attached hydrogen (secondary N) is 1. The highest BCUT2D eigenvalue weighted by molar-refractivity contribution is 5.76. The molecule has 5 nitrogen and oxygen atoms in total. The first kappa shape index (κ1) is 18.8. The van der Waals surface area contributed by atoms with Crippen molar-refractivity contribution in [2.24, 2.45) is 0 Å². The Kier molecular flexibility index (Phi) is 6.83. The van der Waals surface area contributed by atoms with Crippen LogP contribution in [0, 0.1) is 6.92 Å². The molecule has 0 spiro atoms. The van der Waals surface area contributed by atoms with Crippen molar-refractivity contribution in [2.45, 2.75) is 33.1 Å². The third-order valence-electron chi connectivity index (χ3n) is 3.96. The van der Waals surface area contributed by atoms with Crippen LogP contribution >= 0.6 is 0 Å². The smallest absolute Gasteiger partial charge is 0.245 e. The third kappa shape index (κ3) is 5.50. The van der Waals surface area contributed by atoms with Crippen LogP contribution in [0.2, 0.25) is 0 Å². The molecule has 2 aromatic rings. The van der Waals surface area contributed by atoms with Crippen molar-refractivity contribution in [1.82, 2.24) is 5.32 Å². The summed E-state index contributed by atoms with van der Waals surface area (Å²) in [5.41, 5.74) is 3.38. The van der Waals surface area contributed by atoms with Gasteiger partial charge < -0.3 is 20.3 Å². The highest BCUT2D eigenvalue weighted by atomic mass is 16.5. The number of ether oxygens (including phenoxy) is 1. The minimum atomic E-state index is -0.470. The van der Waals surface area contributed by atoms with Crippen molar-refractivity contribution in [1.29, 1.82) is 0 Å². The van der Waals surface area contributed by atoms with Gasteiger partial charge in [0.05, 0.1) is 0 Å². The Balaban J connectivity index is 2.06. The van der Waals surface area contributed by atoms with E-state index in [1.807, 2.05) is 6.92 Å². The van der Waals surface area contributed by atoms with Crippen LogP contribution in [0.1, 0.15) is 30.0 Å². The number of rotatable bonds is 8. The van der Waals surface area contributed by atoms with Gasteiger partial charge in [-0.1, -0.05) is 19.1 Å². The van der Waals surface area contributed by atoms with E-state index < -0.39 is 6.61 Å². The quantitative estimate of drug-likeness (QED) is 0.644. The zero-order chi connectivity index (χ0) is 18.2. The molecule has 0 atom stereocenters. The molecule has 0 unspecified atom stereocenters. The number of hydrogen-bond acceptors (Lipinski definition) is 4. The first-order chi connectivity index (χ1) is 12.0. The zero-order valence-corrected chi connectivity index (χ0v) is 14.7. The topological polar surface area (TPSA) is 78.8 Å². The van der Waals surface area contributed by atoms with Gasteiger partial charge in [0, 0.05) is 6.54 Å². The van der Waals surface area contributed by atoms with E-state index in [1.165, 1.54) is 5.56 Å². The summed E-state index contributed by atoms with van der Waals surface area (Å²) in [5.74, 6) is 1.41. The minimum Gasteiger partial charge on any atom is -0.508 e. The second-order valence-electron chi connectivity index (χ2n) is 5.96. The standard InChI is InChI=1S/C20H25NO4/c1-3-16-12-15(5-4-10-21-19(24)13-22)11-14(2)20(16)25-18-8-6-17(23)7-9-18/h6-9,11-12,22-23H,3-5,10,13H2,1-2H3,(H,21,24). The van der Waals surface area contributed by atoms with E-state index >= 15 is 0 Å². The van der Waals surface area contributed by atoms with Crippen molar-refractivity contribution in [3.63, 3.8) is 0 Å². The van der Waals surface area contributed by atoms with Crippen molar-refractivity contribution < 1.29 is 19.7 Å². The fraction of sp³-hybridized carbons (Fsp3) is 0.350.